The molecule has 1 atom stereocenters. The molecule has 0 radical (unpaired) electrons. The van der Waals surface area contributed by atoms with Crippen LogP contribution in [-0.2, 0) is 14.8 Å². The lowest BCUT2D eigenvalue weighted by Gasteiger charge is -2.14. The SMILES string of the molecule is C=CCC(Nc1ccc(S(N)(=O)=O)cc1[N+](=O)[O-])C(=O)O. The highest BCUT2D eigenvalue weighted by molar-refractivity contribution is 7.89. The van der Waals surface area contributed by atoms with Gasteiger partial charge in [0.2, 0.25) is 10.0 Å². The molecule has 0 aliphatic rings. The Labute approximate surface area is 120 Å². The smallest absolute Gasteiger partial charge is 0.326 e. The predicted molar refractivity (Wildman–Crippen MR) is 74.3 cm³/mol. The molecule has 0 spiro atoms. The van der Waals surface area contributed by atoms with Crippen molar-refractivity contribution < 1.29 is 23.2 Å². The molecule has 0 fully saturated rings. The van der Waals surface area contributed by atoms with Gasteiger partial charge in [0.1, 0.15) is 11.7 Å². The van der Waals surface area contributed by atoms with Crippen LogP contribution in [0.15, 0.2) is 35.7 Å². The van der Waals surface area contributed by atoms with Gasteiger partial charge in [0.05, 0.1) is 9.82 Å². The molecule has 10 heteroatoms. The normalized spacial score (nSPS) is 12.4. The number of hydrogen-bond acceptors (Lipinski definition) is 6. The summed E-state index contributed by atoms with van der Waals surface area (Å²) in [6, 6.07) is 1.79. The Bertz CT molecular complexity index is 685. The maximum atomic E-state index is 11.2. The highest BCUT2D eigenvalue weighted by Gasteiger charge is 2.23. The number of nitro benzene ring substituents is 1. The standard InChI is InChI=1S/C11H13N3O6S/c1-2-3-9(11(15)16)13-8-5-4-7(21(12,19)20)6-10(8)14(17)18/h2,4-6,9,13H,1,3H2,(H,15,16)(H2,12,19,20). The minimum atomic E-state index is -4.10. The highest BCUT2D eigenvalue weighted by atomic mass is 32.2. The maximum Gasteiger partial charge on any atom is 0.326 e. The molecular formula is C11H13N3O6S. The molecule has 0 aromatic heterocycles. The number of sulfonamides is 1. The predicted octanol–water partition coefficient (Wildman–Crippen LogP) is 0.683. The molecule has 9 nitrogen and oxygen atoms in total. The van der Waals surface area contributed by atoms with E-state index in [4.69, 9.17) is 10.2 Å². The fraction of sp³-hybridized carbons (Fsp3) is 0.182. The van der Waals surface area contributed by atoms with Crippen LogP contribution in [0.3, 0.4) is 0 Å². The van der Waals surface area contributed by atoms with E-state index in [0.717, 1.165) is 18.2 Å². The van der Waals surface area contributed by atoms with Crippen LogP contribution in [0.4, 0.5) is 11.4 Å². The van der Waals surface area contributed by atoms with Crippen LogP contribution in [0, 0.1) is 10.1 Å². The van der Waals surface area contributed by atoms with E-state index in [1.807, 2.05) is 0 Å². The largest absolute Gasteiger partial charge is 0.480 e. The summed E-state index contributed by atoms with van der Waals surface area (Å²) < 4.78 is 22.4. The Kier molecular flexibility index (Phi) is 5.00. The number of carboxylic acids is 1. The lowest BCUT2D eigenvalue weighted by atomic mass is 10.2. The summed E-state index contributed by atoms with van der Waals surface area (Å²) in [6.07, 6.45) is 1.37. The van der Waals surface area contributed by atoms with Crippen molar-refractivity contribution in [3.8, 4) is 0 Å². The number of nitrogens with two attached hydrogens (primary N) is 1. The number of rotatable bonds is 7. The van der Waals surface area contributed by atoms with Gasteiger partial charge in [-0.25, -0.2) is 18.4 Å². The Morgan fingerprint density at radius 3 is 2.62 bits per heavy atom. The molecule has 1 aromatic rings. The van der Waals surface area contributed by atoms with Gasteiger partial charge in [-0.3, -0.25) is 10.1 Å². The van der Waals surface area contributed by atoms with Crippen molar-refractivity contribution in [1.82, 2.24) is 0 Å². The quantitative estimate of drug-likeness (QED) is 0.380. The van der Waals surface area contributed by atoms with Crippen LogP contribution in [-0.4, -0.2) is 30.5 Å². The fourth-order valence-corrected chi connectivity index (χ4v) is 2.07. The van der Waals surface area contributed by atoms with Gasteiger partial charge in [-0.2, -0.15) is 0 Å². The average Bonchev–Trinajstić information content (AvgIpc) is 2.36. The van der Waals surface area contributed by atoms with Crippen LogP contribution in [0.1, 0.15) is 6.42 Å². The molecule has 21 heavy (non-hydrogen) atoms. The molecule has 1 rings (SSSR count). The van der Waals surface area contributed by atoms with E-state index in [-0.39, 0.29) is 12.1 Å². The first-order valence-corrected chi connectivity index (χ1v) is 7.13. The number of anilines is 1. The van der Waals surface area contributed by atoms with Crippen molar-refractivity contribution in [3.05, 3.63) is 41.0 Å². The minimum absolute atomic E-state index is 0.0312. The van der Waals surface area contributed by atoms with Gasteiger partial charge >= 0.3 is 5.97 Å². The number of nitrogens with one attached hydrogen (secondary N) is 1. The van der Waals surface area contributed by atoms with Gasteiger partial charge < -0.3 is 10.4 Å². The fourth-order valence-electron chi connectivity index (χ4n) is 1.54. The van der Waals surface area contributed by atoms with Crippen molar-refractivity contribution >= 4 is 27.4 Å². The Hall–Kier alpha value is -2.46. The monoisotopic (exact) mass is 315 g/mol. The number of nitrogens with zero attached hydrogens (tertiary/aromatic N) is 1. The lowest BCUT2D eigenvalue weighted by molar-refractivity contribution is -0.384. The first kappa shape index (κ1) is 16.6. The third kappa shape index (κ3) is 4.26. The topological polar surface area (TPSA) is 153 Å². The van der Waals surface area contributed by atoms with E-state index in [2.05, 4.69) is 11.9 Å². The van der Waals surface area contributed by atoms with Crippen LogP contribution in [0.2, 0.25) is 0 Å². The number of primary sulfonamides is 1. The van der Waals surface area contributed by atoms with Crippen molar-refractivity contribution in [3.63, 3.8) is 0 Å². The van der Waals surface area contributed by atoms with E-state index in [9.17, 15) is 23.3 Å². The van der Waals surface area contributed by atoms with Gasteiger partial charge in [0, 0.05) is 6.07 Å². The van der Waals surface area contributed by atoms with Crippen LogP contribution in [0.25, 0.3) is 0 Å². The Balaban J connectivity index is 3.27. The summed E-state index contributed by atoms with van der Waals surface area (Å²) in [5.41, 5.74) is -0.710. The van der Waals surface area contributed by atoms with Crippen molar-refractivity contribution in [1.29, 1.82) is 0 Å². The van der Waals surface area contributed by atoms with Crippen molar-refractivity contribution in [2.75, 3.05) is 5.32 Å². The second kappa shape index (κ2) is 6.33. The molecule has 0 aliphatic heterocycles. The molecule has 0 bridgehead atoms. The number of nitro groups is 1. The maximum absolute atomic E-state index is 11.2. The summed E-state index contributed by atoms with van der Waals surface area (Å²) in [6.45, 7) is 3.40. The average molecular weight is 315 g/mol. The van der Waals surface area contributed by atoms with Gasteiger partial charge in [-0.1, -0.05) is 6.08 Å². The molecule has 0 amide bonds. The molecule has 114 valence electrons. The molecule has 0 aliphatic carbocycles. The summed E-state index contributed by atoms with van der Waals surface area (Å²) in [5, 5.41) is 27.3. The molecule has 1 aromatic carbocycles. The molecule has 4 N–H and O–H groups in total. The van der Waals surface area contributed by atoms with Crippen molar-refractivity contribution in [2.45, 2.75) is 17.4 Å². The third-order valence-electron chi connectivity index (χ3n) is 2.52. The summed E-state index contributed by atoms with van der Waals surface area (Å²) in [5.74, 6) is -1.22. The Morgan fingerprint density at radius 2 is 2.19 bits per heavy atom. The first-order chi connectivity index (χ1) is 9.66. The van der Waals surface area contributed by atoms with Crippen LogP contribution >= 0.6 is 0 Å². The van der Waals surface area contributed by atoms with Gasteiger partial charge in [-0.15, -0.1) is 6.58 Å². The molecule has 1 unspecified atom stereocenters. The Morgan fingerprint density at radius 1 is 1.57 bits per heavy atom. The number of benzene rings is 1. The van der Waals surface area contributed by atoms with Gasteiger partial charge in [0.15, 0.2) is 0 Å². The second-order valence-corrected chi connectivity index (χ2v) is 5.60. The second-order valence-electron chi connectivity index (χ2n) is 4.04. The van der Waals surface area contributed by atoms with E-state index < -0.39 is 37.5 Å². The lowest BCUT2D eigenvalue weighted by Crippen LogP contribution is -2.29. The number of hydrogen-bond donors (Lipinski definition) is 3. The van der Waals surface area contributed by atoms with Gasteiger partial charge in [-0.05, 0) is 18.6 Å². The molecule has 0 saturated heterocycles. The third-order valence-corrected chi connectivity index (χ3v) is 3.44. The van der Waals surface area contributed by atoms with Crippen molar-refractivity contribution in [2.24, 2.45) is 5.14 Å². The summed E-state index contributed by atoms with van der Waals surface area (Å²) in [4.78, 5) is 20.7. The number of aliphatic carboxylic acids is 1. The zero-order chi connectivity index (χ0) is 16.2. The molecule has 0 heterocycles. The zero-order valence-electron chi connectivity index (χ0n) is 10.7. The van der Waals surface area contributed by atoms with E-state index in [1.54, 1.807) is 0 Å². The summed E-state index contributed by atoms with van der Waals surface area (Å²) in [7, 11) is -4.10. The van der Waals surface area contributed by atoms with Gasteiger partial charge in [0.25, 0.3) is 5.69 Å². The number of carboxylic acid groups (broad SMARTS) is 1. The zero-order valence-corrected chi connectivity index (χ0v) is 11.5. The molecular weight excluding hydrogens is 302 g/mol. The molecule has 0 saturated carbocycles. The van der Waals surface area contributed by atoms with Crippen LogP contribution < -0.4 is 10.5 Å². The van der Waals surface area contributed by atoms with E-state index in [1.165, 1.54) is 6.08 Å². The van der Waals surface area contributed by atoms with E-state index in [0.29, 0.717) is 0 Å². The minimum Gasteiger partial charge on any atom is -0.480 e. The van der Waals surface area contributed by atoms with E-state index >= 15 is 0 Å². The van der Waals surface area contributed by atoms with Crippen LogP contribution in [0.5, 0.6) is 0 Å². The first-order valence-electron chi connectivity index (χ1n) is 5.58. The highest BCUT2D eigenvalue weighted by Crippen LogP contribution is 2.28. The summed E-state index contributed by atoms with van der Waals surface area (Å²) >= 11 is 0. The number of carbonyl (C=O) groups is 1.